The molecule has 0 heterocycles. The molecule has 86 valence electrons. The van der Waals surface area contributed by atoms with Gasteiger partial charge in [-0.25, -0.2) is 0 Å². The Balaban J connectivity index is 3.65. The molecule has 0 saturated carbocycles. The number of rotatable bonds is 9. The molecule has 0 radical (unpaired) electrons. The summed E-state index contributed by atoms with van der Waals surface area (Å²) in [5.41, 5.74) is 0. The van der Waals surface area contributed by atoms with Gasteiger partial charge in [-0.3, -0.25) is 5.32 Å². The standard InChI is InChI=1S/C12H27NO/c1-4-7-8-10-11(9-5-2)13-12(14)6-3/h11-14H,4-10H2,1-3H3. The first-order valence-corrected chi connectivity index (χ1v) is 6.18. The van der Waals surface area contributed by atoms with Crippen LogP contribution < -0.4 is 5.32 Å². The van der Waals surface area contributed by atoms with E-state index in [1.54, 1.807) is 0 Å². The van der Waals surface area contributed by atoms with Gasteiger partial charge in [0.15, 0.2) is 0 Å². The van der Waals surface area contributed by atoms with Crippen molar-refractivity contribution in [2.24, 2.45) is 0 Å². The van der Waals surface area contributed by atoms with Crippen LogP contribution in [0.2, 0.25) is 0 Å². The van der Waals surface area contributed by atoms with Gasteiger partial charge >= 0.3 is 0 Å². The first-order chi connectivity index (χ1) is 6.74. The third kappa shape index (κ3) is 7.34. The van der Waals surface area contributed by atoms with Gasteiger partial charge in [0.2, 0.25) is 0 Å². The zero-order chi connectivity index (χ0) is 10.8. The van der Waals surface area contributed by atoms with E-state index < -0.39 is 0 Å². The lowest BCUT2D eigenvalue weighted by molar-refractivity contribution is 0.113. The fourth-order valence-corrected chi connectivity index (χ4v) is 1.69. The molecule has 2 atom stereocenters. The van der Waals surface area contributed by atoms with Crippen LogP contribution in [0.3, 0.4) is 0 Å². The predicted octanol–water partition coefficient (Wildman–Crippen LogP) is 3.05. The number of hydrogen-bond donors (Lipinski definition) is 2. The molecule has 0 aliphatic carbocycles. The molecule has 2 nitrogen and oxygen atoms in total. The van der Waals surface area contributed by atoms with Gasteiger partial charge in [-0.2, -0.15) is 0 Å². The molecule has 0 saturated heterocycles. The van der Waals surface area contributed by atoms with Crippen LogP contribution in [0.1, 0.15) is 65.7 Å². The molecule has 0 spiro atoms. The van der Waals surface area contributed by atoms with Crippen molar-refractivity contribution >= 4 is 0 Å². The highest BCUT2D eigenvalue weighted by Gasteiger charge is 2.10. The van der Waals surface area contributed by atoms with Gasteiger partial charge < -0.3 is 5.11 Å². The highest BCUT2D eigenvalue weighted by atomic mass is 16.3. The minimum Gasteiger partial charge on any atom is -0.379 e. The second kappa shape index (κ2) is 9.47. The molecule has 0 rings (SSSR count). The maximum absolute atomic E-state index is 9.50. The Kier molecular flexibility index (Phi) is 9.42. The van der Waals surface area contributed by atoms with Crippen molar-refractivity contribution in [2.45, 2.75) is 78.0 Å². The van der Waals surface area contributed by atoms with Crippen LogP contribution in [0.25, 0.3) is 0 Å². The normalized spacial score (nSPS) is 15.4. The smallest absolute Gasteiger partial charge is 0.104 e. The monoisotopic (exact) mass is 201 g/mol. The van der Waals surface area contributed by atoms with Gasteiger partial charge in [0, 0.05) is 6.04 Å². The number of unbranched alkanes of at least 4 members (excludes halogenated alkanes) is 2. The number of aliphatic hydroxyl groups excluding tert-OH is 1. The molecule has 0 aromatic rings. The molecule has 2 N–H and O–H groups in total. The highest BCUT2D eigenvalue weighted by Crippen LogP contribution is 2.09. The quantitative estimate of drug-likeness (QED) is 0.444. The largest absolute Gasteiger partial charge is 0.379 e. The Morgan fingerprint density at radius 1 is 1.00 bits per heavy atom. The van der Waals surface area contributed by atoms with Crippen LogP contribution in [0, 0.1) is 0 Å². The number of nitrogens with one attached hydrogen (secondary N) is 1. The van der Waals surface area contributed by atoms with Gasteiger partial charge in [0.25, 0.3) is 0 Å². The van der Waals surface area contributed by atoms with Gasteiger partial charge in [-0.05, 0) is 19.3 Å². The molecule has 0 aliphatic rings. The summed E-state index contributed by atoms with van der Waals surface area (Å²) in [6, 6.07) is 0.515. The first kappa shape index (κ1) is 13.9. The van der Waals surface area contributed by atoms with E-state index in [9.17, 15) is 5.11 Å². The van der Waals surface area contributed by atoms with Crippen LogP contribution in [0.5, 0.6) is 0 Å². The Hall–Kier alpha value is -0.0800. The fraction of sp³-hybridized carbons (Fsp3) is 1.00. The number of aliphatic hydroxyl groups is 1. The van der Waals surface area contributed by atoms with Gasteiger partial charge in [-0.15, -0.1) is 0 Å². The lowest BCUT2D eigenvalue weighted by atomic mass is 10.0. The topological polar surface area (TPSA) is 32.3 Å². The summed E-state index contributed by atoms with van der Waals surface area (Å²) >= 11 is 0. The molecule has 0 bridgehead atoms. The van der Waals surface area contributed by atoms with Crippen LogP contribution in [-0.4, -0.2) is 17.4 Å². The molecular formula is C12H27NO. The van der Waals surface area contributed by atoms with Crippen molar-refractivity contribution in [1.82, 2.24) is 5.32 Å². The molecule has 2 unspecified atom stereocenters. The summed E-state index contributed by atoms with van der Waals surface area (Å²) in [6.45, 7) is 6.43. The van der Waals surface area contributed by atoms with E-state index in [0.717, 1.165) is 6.42 Å². The third-order valence-corrected chi connectivity index (χ3v) is 2.61. The Labute approximate surface area is 89.1 Å². The maximum atomic E-state index is 9.50. The molecule has 2 heteroatoms. The first-order valence-electron chi connectivity index (χ1n) is 6.18. The van der Waals surface area contributed by atoms with E-state index in [2.05, 4.69) is 19.2 Å². The van der Waals surface area contributed by atoms with Crippen LogP contribution in [0.4, 0.5) is 0 Å². The number of hydrogen-bond acceptors (Lipinski definition) is 2. The summed E-state index contributed by atoms with van der Waals surface area (Å²) in [5, 5.41) is 12.8. The predicted molar refractivity (Wildman–Crippen MR) is 62.3 cm³/mol. The fourth-order valence-electron chi connectivity index (χ4n) is 1.69. The molecule has 14 heavy (non-hydrogen) atoms. The molecule has 0 aromatic heterocycles. The lowest BCUT2D eigenvalue weighted by Gasteiger charge is -2.21. The van der Waals surface area contributed by atoms with Crippen molar-refractivity contribution in [2.75, 3.05) is 0 Å². The average molecular weight is 201 g/mol. The Morgan fingerprint density at radius 3 is 2.21 bits per heavy atom. The zero-order valence-electron chi connectivity index (χ0n) is 10.1. The van der Waals surface area contributed by atoms with Crippen molar-refractivity contribution in [3.8, 4) is 0 Å². The summed E-state index contributed by atoms with van der Waals surface area (Å²) in [6.07, 6.45) is 7.94. The molecule has 0 fully saturated rings. The zero-order valence-corrected chi connectivity index (χ0v) is 10.1. The minimum absolute atomic E-state index is 0.312. The summed E-state index contributed by atoms with van der Waals surface area (Å²) in [4.78, 5) is 0. The average Bonchev–Trinajstić information content (AvgIpc) is 2.18. The van der Waals surface area contributed by atoms with Crippen molar-refractivity contribution in [3.05, 3.63) is 0 Å². The summed E-state index contributed by atoms with van der Waals surface area (Å²) < 4.78 is 0. The van der Waals surface area contributed by atoms with E-state index in [0.29, 0.717) is 6.04 Å². The van der Waals surface area contributed by atoms with E-state index in [1.807, 2.05) is 6.92 Å². The Bertz CT molecular complexity index is 117. The molecule has 0 aromatic carbocycles. The SMILES string of the molecule is CCCCCC(CCC)NC(O)CC. The van der Waals surface area contributed by atoms with E-state index in [-0.39, 0.29) is 6.23 Å². The Morgan fingerprint density at radius 2 is 1.71 bits per heavy atom. The van der Waals surface area contributed by atoms with Gasteiger partial charge in [0.05, 0.1) is 0 Å². The second-order valence-corrected chi connectivity index (χ2v) is 4.07. The van der Waals surface area contributed by atoms with Crippen LogP contribution >= 0.6 is 0 Å². The summed E-state index contributed by atoms with van der Waals surface area (Å²) in [5.74, 6) is 0. The van der Waals surface area contributed by atoms with Gasteiger partial charge in [0.1, 0.15) is 6.23 Å². The lowest BCUT2D eigenvalue weighted by Crippen LogP contribution is -2.37. The summed E-state index contributed by atoms with van der Waals surface area (Å²) in [7, 11) is 0. The van der Waals surface area contributed by atoms with Crippen LogP contribution in [-0.2, 0) is 0 Å². The van der Waals surface area contributed by atoms with Crippen molar-refractivity contribution < 1.29 is 5.11 Å². The minimum atomic E-state index is -0.312. The van der Waals surface area contributed by atoms with Crippen molar-refractivity contribution in [3.63, 3.8) is 0 Å². The van der Waals surface area contributed by atoms with E-state index in [4.69, 9.17) is 0 Å². The highest BCUT2D eigenvalue weighted by molar-refractivity contribution is 4.67. The van der Waals surface area contributed by atoms with Crippen molar-refractivity contribution in [1.29, 1.82) is 0 Å². The maximum Gasteiger partial charge on any atom is 0.104 e. The molecule has 0 amide bonds. The molecular weight excluding hydrogens is 174 g/mol. The van der Waals surface area contributed by atoms with E-state index in [1.165, 1.54) is 38.5 Å². The van der Waals surface area contributed by atoms with Crippen LogP contribution in [0.15, 0.2) is 0 Å². The van der Waals surface area contributed by atoms with Gasteiger partial charge in [-0.1, -0.05) is 46.5 Å². The third-order valence-electron chi connectivity index (χ3n) is 2.61. The molecule has 0 aliphatic heterocycles. The van der Waals surface area contributed by atoms with E-state index >= 15 is 0 Å². The second-order valence-electron chi connectivity index (χ2n) is 4.07.